The fourth-order valence-corrected chi connectivity index (χ4v) is 3.17. The molecule has 0 aliphatic heterocycles. The molecule has 0 saturated heterocycles. The summed E-state index contributed by atoms with van der Waals surface area (Å²) < 4.78 is 2.02. The highest BCUT2D eigenvalue weighted by Crippen LogP contribution is 2.49. The number of hydrogen-bond acceptors (Lipinski definition) is 2. The van der Waals surface area contributed by atoms with E-state index in [4.69, 9.17) is 0 Å². The predicted molar refractivity (Wildman–Crippen MR) is 74.7 cm³/mol. The molecule has 0 atom stereocenters. The number of halogens is 2. The fraction of sp³-hybridized carbons (Fsp3) is 0.583. The van der Waals surface area contributed by atoms with Crippen molar-refractivity contribution in [3.8, 4) is 0 Å². The van der Waals surface area contributed by atoms with Crippen molar-refractivity contribution in [3.05, 3.63) is 21.2 Å². The molecule has 1 aliphatic rings. The highest BCUT2D eigenvalue weighted by atomic mass is 79.9. The van der Waals surface area contributed by atoms with Gasteiger partial charge in [-0.05, 0) is 62.6 Å². The summed E-state index contributed by atoms with van der Waals surface area (Å²) in [6, 6.07) is 2.02. The van der Waals surface area contributed by atoms with Crippen LogP contribution in [0, 0.1) is 5.41 Å². The van der Waals surface area contributed by atoms with Crippen LogP contribution in [0.5, 0.6) is 0 Å². The van der Waals surface area contributed by atoms with Gasteiger partial charge < -0.3 is 5.32 Å². The summed E-state index contributed by atoms with van der Waals surface area (Å²) in [6.45, 7) is 3.31. The topological polar surface area (TPSA) is 24.9 Å². The largest absolute Gasteiger partial charge is 0.369 e. The van der Waals surface area contributed by atoms with Crippen molar-refractivity contribution in [2.24, 2.45) is 5.41 Å². The van der Waals surface area contributed by atoms with Crippen LogP contribution in [0.25, 0.3) is 0 Å². The van der Waals surface area contributed by atoms with Crippen LogP contribution in [0.15, 0.2) is 21.2 Å². The Morgan fingerprint density at radius 1 is 1.44 bits per heavy atom. The third kappa shape index (κ3) is 2.98. The van der Waals surface area contributed by atoms with Gasteiger partial charge in [-0.15, -0.1) is 0 Å². The lowest BCUT2D eigenvalue weighted by molar-refractivity contribution is 0.485. The Bertz CT molecular complexity index is 375. The van der Waals surface area contributed by atoms with E-state index in [0.29, 0.717) is 5.41 Å². The van der Waals surface area contributed by atoms with Crippen LogP contribution in [0.1, 0.15) is 32.6 Å². The minimum absolute atomic E-state index is 0.558. The first-order chi connectivity index (χ1) is 7.65. The second kappa shape index (κ2) is 5.05. The molecule has 88 valence electrons. The van der Waals surface area contributed by atoms with Crippen molar-refractivity contribution in [1.29, 1.82) is 0 Å². The van der Waals surface area contributed by atoms with E-state index in [-0.39, 0.29) is 0 Å². The van der Waals surface area contributed by atoms with Crippen LogP contribution >= 0.6 is 31.9 Å². The maximum atomic E-state index is 4.36. The molecule has 1 heterocycles. The predicted octanol–water partition coefficient (Wildman–Crippen LogP) is 4.60. The summed E-state index contributed by atoms with van der Waals surface area (Å²) >= 11 is 6.92. The molecule has 2 rings (SSSR count). The van der Waals surface area contributed by atoms with Gasteiger partial charge in [-0.1, -0.05) is 13.3 Å². The molecule has 1 saturated carbocycles. The molecule has 1 aliphatic carbocycles. The van der Waals surface area contributed by atoms with E-state index < -0.39 is 0 Å². The van der Waals surface area contributed by atoms with Crippen molar-refractivity contribution in [2.45, 2.75) is 32.6 Å². The lowest BCUT2D eigenvalue weighted by Gasteiger charge is -2.16. The van der Waals surface area contributed by atoms with Gasteiger partial charge in [0.05, 0.1) is 4.47 Å². The van der Waals surface area contributed by atoms with Gasteiger partial charge in [0.25, 0.3) is 0 Å². The lowest BCUT2D eigenvalue weighted by Crippen LogP contribution is -2.16. The van der Waals surface area contributed by atoms with Gasteiger partial charge in [0.15, 0.2) is 0 Å². The number of pyridine rings is 1. The zero-order valence-corrected chi connectivity index (χ0v) is 12.6. The van der Waals surface area contributed by atoms with Crippen LogP contribution in [-0.2, 0) is 0 Å². The van der Waals surface area contributed by atoms with Gasteiger partial charge in [-0.2, -0.15) is 0 Å². The summed E-state index contributed by atoms with van der Waals surface area (Å²) in [5.74, 6) is 0.950. The van der Waals surface area contributed by atoms with Gasteiger partial charge in [0.2, 0.25) is 0 Å². The van der Waals surface area contributed by atoms with Gasteiger partial charge in [-0.3, -0.25) is 0 Å². The van der Waals surface area contributed by atoms with E-state index >= 15 is 0 Å². The third-order valence-electron chi connectivity index (χ3n) is 3.18. The molecule has 0 spiro atoms. The molecule has 1 fully saturated rings. The lowest BCUT2D eigenvalue weighted by atomic mass is 10.0. The quantitative estimate of drug-likeness (QED) is 0.841. The summed E-state index contributed by atoms with van der Waals surface area (Å²) in [7, 11) is 0. The Morgan fingerprint density at radius 2 is 2.19 bits per heavy atom. The second-order valence-corrected chi connectivity index (χ2v) is 6.36. The van der Waals surface area contributed by atoms with Crippen molar-refractivity contribution in [2.75, 3.05) is 11.9 Å². The summed E-state index contributed by atoms with van der Waals surface area (Å²) in [4.78, 5) is 4.36. The molecule has 1 aromatic heterocycles. The molecule has 0 radical (unpaired) electrons. The molecule has 0 amide bonds. The van der Waals surface area contributed by atoms with Crippen molar-refractivity contribution in [1.82, 2.24) is 4.98 Å². The molecule has 0 unspecified atom stereocenters. The first-order valence-electron chi connectivity index (χ1n) is 5.70. The minimum atomic E-state index is 0.558. The Balaban J connectivity index is 1.94. The van der Waals surface area contributed by atoms with E-state index in [1.807, 2.05) is 12.3 Å². The normalized spacial score (nSPS) is 17.2. The molecule has 0 bridgehead atoms. The van der Waals surface area contributed by atoms with Crippen LogP contribution < -0.4 is 5.32 Å². The van der Waals surface area contributed by atoms with Gasteiger partial charge >= 0.3 is 0 Å². The highest BCUT2D eigenvalue weighted by Gasteiger charge is 2.41. The smallest absolute Gasteiger partial charge is 0.140 e. The van der Waals surface area contributed by atoms with Crippen LogP contribution in [0.2, 0.25) is 0 Å². The Kier molecular flexibility index (Phi) is 3.90. The molecule has 0 aromatic carbocycles. The molecule has 16 heavy (non-hydrogen) atoms. The molecule has 2 nitrogen and oxygen atoms in total. The summed E-state index contributed by atoms with van der Waals surface area (Å²) in [5, 5.41) is 3.45. The Labute approximate surface area is 113 Å². The van der Waals surface area contributed by atoms with Gasteiger partial charge in [0.1, 0.15) is 5.82 Å². The maximum Gasteiger partial charge on any atom is 0.140 e. The number of hydrogen-bond donors (Lipinski definition) is 1. The summed E-state index contributed by atoms with van der Waals surface area (Å²) in [5.41, 5.74) is 0.558. The van der Waals surface area contributed by atoms with E-state index in [1.165, 1.54) is 25.7 Å². The Morgan fingerprint density at radius 3 is 2.75 bits per heavy atom. The summed E-state index contributed by atoms with van der Waals surface area (Å²) in [6.07, 6.45) is 7.15. The highest BCUT2D eigenvalue weighted by molar-refractivity contribution is 9.11. The van der Waals surface area contributed by atoms with E-state index in [1.54, 1.807) is 0 Å². The zero-order valence-electron chi connectivity index (χ0n) is 9.39. The first kappa shape index (κ1) is 12.4. The molecular weight excluding hydrogens is 332 g/mol. The Hall–Kier alpha value is -0.0900. The van der Waals surface area contributed by atoms with Gasteiger partial charge in [-0.25, -0.2) is 4.98 Å². The first-order valence-corrected chi connectivity index (χ1v) is 7.29. The fourth-order valence-electron chi connectivity index (χ4n) is 2.04. The van der Waals surface area contributed by atoms with E-state index in [9.17, 15) is 0 Å². The third-order valence-corrected chi connectivity index (χ3v) is 4.21. The molecule has 4 heteroatoms. The van der Waals surface area contributed by atoms with Gasteiger partial charge in [0, 0.05) is 17.2 Å². The van der Waals surface area contributed by atoms with Crippen molar-refractivity contribution in [3.63, 3.8) is 0 Å². The van der Waals surface area contributed by atoms with Crippen molar-refractivity contribution >= 4 is 37.7 Å². The molecule has 1 N–H and O–H groups in total. The number of rotatable bonds is 5. The number of nitrogens with one attached hydrogen (secondary N) is 1. The standard InChI is InChI=1S/C12H16Br2N2/c1-2-3-12(4-5-12)8-16-11-10(14)6-9(13)7-15-11/h6-7H,2-5,8H2,1H3,(H,15,16). The number of anilines is 1. The average Bonchev–Trinajstić information content (AvgIpc) is 2.98. The zero-order chi connectivity index (χ0) is 11.6. The average molecular weight is 348 g/mol. The van der Waals surface area contributed by atoms with Crippen LogP contribution in [0.3, 0.4) is 0 Å². The van der Waals surface area contributed by atoms with Crippen LogP contribution in [-0.4, -0.2) is 11.5 Å². The van der Waals surface area contributed by atoms with Crippen molar-refractivity contribution < 1.29 is 0 Å². The second-order valence-electron chi connectivity index (χ2n) is 4.59. The maximum absolute atomic E-state index is 4.36. The number of nitrogens with zero attached hydrogens (tertiary/aromatic N) is 1. The molecule has 1 aromatic rings. The number of aromatic nitrogens is 1. The SMILES string of the molecule is CCCC1(CNc2ncc(Br)cc2Br)CC1. The van der Waals surface area contributed by atoms with E-state index in [0.717, 1.165) is 21.3 Å². The van der Waals surface area contributed by atoms with Crippen LogP contribution in [0.4, 0.5) is 5.82 Å². The minimum Gasteiger partial charge on any atom is -0.369 e. The van der Waals surface area contributed by atoms with E-state index in [2.05, 4.69) is 49.1 Å². The molecular formula is C12H16Br2N2. The monoisotopic (exact) mass is 346 g/mol.